The second-order valence-corrected chi connectivity index (χ2v) is 6.71. The molecule has 1 aliphatic heterocycles. The van der Waals surface area contributed by atoms with Crippen molar-refractivity contribution in [3.63, 3.8) is 0 Å². The molecule has 0 atom stereocenters. The monoisotopic (exact) mass is 345 g/mol. The number of rotatable bonds is 1. The number of hydrogen-bond acceptors (Lipinski definition) is 3. The molecule has 1 fully saturated rings. The van der Waals surface area contributed by atoms with Gasteiger partial charge in [-0.15, -0.1) is 0 Å². The van der Waals surface area contributed by atoms with Crippen molar-refractivity contribution in [3.05, 3.63) is 33.9 Å². The second-order valence-electron chi connectivity index (χ2n) is 5.85. The number of nitrogens with two attached hydrogens (primary N) is 1. The van der Waals surface area contributed by atoms with E-state index in [1.807, 2.05) is 23.1 Å². The Morgan fingerprint density at radius 3 is 2.81 bits per heavy atom. The van der Waals surface area contributed by atoms with Gasteiger partial charge in [0.05, 0.1) is 29.0 Å². The van der Waals surface area contributed by atoms with Crippen molar-refractivity contribution in [2.45, 2.75) is 38.3 Å². The number of hydrogen-bond donors (Lipinski definition) is 1. The van der Waals surface area contributed by atoms with Crippen LogP contribution in [-0.2, 0) is 6.54 Å². The molecule has 4 nitrogen and oxygen atoms in total. The smallest absolute Gasteiger partial charge is 0.258 e. The van der Waals surface area contributed by atoms with E-state index in [0.29, 0.717) is 23.8 Å². The second kappa shape index (κ2) is 4.70. The number of aromatic nitrogens is 1. The maximum atomic E-state index is 12.7. The highest BCUT2D eigenvalue weighted by molar-refractivity contribution is 9.10. The number of carbonyl (C=O) groups excluding carboxylic acids is 1. The van der Waals surface area contributed by atoms with Crippen LogP contribution in [0.4, 0.5) is 5.69 Å². The van der Waals surface area contributed by atoms with Gasteiger partial charge in [0.1, 0.15) is 0 Å². The Morgan fingerprint density at radius 2 is 2.05 bits per heavy atom. The molecule has 1 aromatic heterocycles. The predicted octanol–water partition coefficient (Wildman–Crippen LogP) is 3.48. The number of halogens is 1. The van der Waals surface area contributed by atoms with Crippen molar-refractivity contribution in [2.24, 2.45) is 0 Å². The summed E-state index contributed by atoms with van der Waals surface area (Å²) in [5.74, 6) is 0.0591. The summed E-state index contributed by atoms with van der Waals surface area (Å²) in [5.41, 5.74) is 9.14. The fourth-order valence-electron chi connectivity index (χ4n) is 3.57. The van der Waals surface area contributed by atoms with Gasteiger partial charge in [-0.05, 0) is 34.8 Å². The van der Waals surface area contributed by atoms with Crippen molar-refractivity contribution in [1.82, 2.24) is 9.88 Å². The summed E-state index contributed by atoms with van der Waals surface area (Å²) < 4.78 is 0.918. The molecule has 108 valence electrons. The molecule has 2 N–H and O–H groups in total. The number of benzene rings is 1. The van der Waals surface area contributed by atoms with Crippen LogP contribution in [0.25, 0.3) is 10.9 Å². The summed E-state index contributed by atoms with van der Waals surface area (Å²) in [6, 6.07) is 6.16. The first kappa shape index (κ1) is 13.1. The Bertz CT molecular complexity index is 753. The molecule has 5 heteroatoms. The lowest BCUT2D eigenvalue weighted by atomic mass is 10.1. The minimum atomic E-state index is 0.0591. The largest absolute Gasteiger partial charge is 0.397 e. The molecular formula is C16H16BrN3O. The van der Waals surface area contributed by atoms with Crippen molar-refractivity contribution < 1.29 is 4.79 Å². The summed E-state index contributed by atoms with van der Waals surface area (Å²) in [6.07, 6.45) is 4.62. The Morgan fingerprint density at radius 1 is 1.29 bits per heavy atom. The number of fused-ring (bicyclic) bond motifs is 2. The number of nitrogen functional groups attached to an aromatic ring is 1. The zero-order chi connectivity index (χ0) is 14.6. The minimum Gasteiger partial charge on any atom is -0.397 e. The normalized spacial score (nSPS) is 18.7. The molecule has 2 aromatic rings. The quantitative estimate of drug-likeness (QED) is 0.860. The highest BCUT2D eigenvalue weighted by Crippen LogP contribution is 2.37. The third kappa shape index (κ3) is 1.87. The van der Waals surface area contributed by atoms with Gasteiger partial charge >= 0.3 is 0 Å². The number of amides is 1. The van der Waals surface area contributed by atoms with Crippen molar-refractivity contribution in [3.8, 4) is 0 Å². The molecule has 0 unspecified atom stereocenters. The van der Waals surface area contributed by atoms with Crippen molar-refractivity contribution >= 4 is 38.4 Å². The highest BCUT2D eigenvalue weighted by atomic mass is 79.9. The first-order valence-corrected chi connectivity index (χ1v) is 8.13. The van der Waals surface area contributed by atoms with Crippen LogP contribution in [0, 0.1) is 0 Å². The zero-order valence-electron chi connectivity index (χ0n) is 11.6. The van der Waals surface area contributed by atoms with Gasteiger partial charge in [-0.25, -0.2) is 4.98 Å². The van der Waals surface area contributed by atoms with Crippen molar-refractivity contribution in [2.75, 3.05) is 5.73 Å². The molecule has 0 radical (unpaired) electrons. The van der Waals surface area contributed by atoms with Gasteiger partial charge in [-0.3, -0.25) is 4.79 Å². The van der Waals surface area contributed by atoms with Gasteiger partial charge in [0.2, 0.25) is 0 Å². The van der Waals surface area contributed by atoms with Gasteiger partial charge in [0, 0.05) is 15.9 Å². The van der Waals surface area contributed by atoms with E-state index >= 15 is 0 Å². The van der Waals surface area contributed by atoms with Crippen LogP contribution in [0.5, 0.6) is 0 Å². The number of anilines is 1. The van der Waals surface area contributed by atoms with Gasteiger partial charge in [0.25, 0.3) is 5.91 Å². The molecule has 21 heavy (non-hydrogen) atoms. The molecule has 0 bridgehead atoms. The molecule has 0 saturated heterocycles. The van der Waals surface area contributed by atoms with Crippen LogP contribution in [0.3, 0.4) is 0 Å². The summed E-state index contributed by atoms with van der Waals surface area (Å²) in [5, 5.41) is 0.852. The van der Waals surface area contributed by atoms with Crippen LogP contribution < -0.4 is 5.73 Å². The van der Waals surface area contributed by atoms with Crippen LogP contribution in [0.15, 0.2) is 22.7 Å². The third-order valence-electron chi connectivity index (χ3n) is 4.64. The average Bonchev–Trinajstić information content (AvgIpc) is 3.08. The van der Waals surface area contributed by atoms with Crippen LogP contribution in [0.2, 0.25) is 0 Å². The third-order valence-corrected chi connectivity index (χ3v) is 5.28. The molecule has 4 rings (SSSR count). The first-order valence-electron chi connectivity index (χ1n) is 7.34. The molecule has 1 saturated carbocycles. The van der Waals surface area contributed by atoms with E-state index in [2.05, 4.69) is 15.9 Å². The standard InChI is InChI=1S/C16H16BrN3O/c17-11-7-3-6-10-14(18)13-12(19-15(10)11)8-20(16(13)21)9-4-1-2-5-9/h3,6-7,9H,1-2,4-5,8H2,(H2,18,19). The Balaban J connectivity index is 1.87. The summed E-state index contributed by atoms with van der Waals surface area (Å²) in [6.45, 7) is 0.598. The number of para-hydroxylation sites is 1. The van der Waals surface area contributed by atoms with Gasteiger partial charge < -0.3 is 10.6 Å². The molecule has 1 amide bonds. The van der Waals surface area contributed by atoms with E-state index in [1.54, 1.807) is 0 Å². The molecular weight excluding hydrogens is 330 g/mol. The number of carbonyl (C=O) groups is 1. The van der Waals surface area contributed by atoms with Gasteiger partial charge in [0.15, 0.2) is 0 Å². The average molecular weight is 346 g/mol. The number of pyridine rings is 1. The van der Waals surface area contributed by atoms with Gasteiger partial charge in [-0.2, -0.15) is 0 Å². The maximum Gasteiger partial charge on any atom is 0.258 e. The lowest BCUT2D eigenvalue weighted by molar-refractivity contribution is 0.0707. The fourth-order valence-corrected chi connectivity index (χ4v) is 4.02. The van der Waals surface area contributed by atoms with Crippen molar-refractivity contribution in [1.29, 1.82) is 0 Å². The van der Waals surface area contributed by atoms with E-state index in [4.69, 9.17) is 10.7 Å². The van der Waals surface area contributed by atoms with E-state index in [9.17, 15) is 4.79 Å². The molecule has 1 aliphatic carbocycles. The van der Waals surface area contributed by atoms with E-state index < -0.39 is 0 Å². The Kier molecular flexibility index (Phi) is 2.92. The number of nitrogens with zero attached hydrogens (tertiary/aromatic N) is 2. The fraction of sp³-hybridized carbons (Fsp3) is 0.375. The predicted molar refractivity (Wildman–Crippen MR) is 86.0 cm³/mol. The van der Waals surface area contributed by atoms with E-state index in [-0.39, 0.29) is 5.91 Å². The lowest BCUT2D eigenvalue weighted by Crippen LogP contribution is -2.33. The zero-order valence-corrected chi connectivity index (χ0v) is 13.2. The minimum absolute atomic E-state index is 0.0591. The topological polar surface area (TPSA) is 59.2 Å². The summed E-state index contributed by atoms with van der Waals surface area (Å²) in [4.78, 5) is 19.4. The maximum absolute atomic E-state index is 12.7. The first-order chi connectivity index (χ1) is 10.2. The SMILES string of the molecule is Nc1c2c(nc3c(Br)cccc13)CN(C1CCCC1)C2=O. The molecule has 1 aromatic carbocycles. The molecule has 2 heterocycles. The Labute approximate surface area is 131 Å². The van der Waals surface area contributed by atoms with Gasteiger partial charge in [-0.1, -0.05) is 25.0 Å². The lowest BCUT2D eigenvalue weighted by Gasteiger charge is -2.23. The van der Waals surface area contributed by atoms with Crippen LogP contribution in [0.1, 0.15) is 41.7 Å². The molecule has 2 aliphatic rings. The molecule has 0 spiro atoms. The van der Waals surface area contributed by atoms with E-state index in [1.165, 1.54) is 12.8 Å². The summed E-state index contributed by atoms with van der Waals surface area (Å²) >= 11 is 3.52. The summed E-state index contributed by atoms with van der Waals surface area (Å²) in [7, 11) is 0. The van der Waals surface area contributed by atoms with E-state index in [0.717, 1.165) is 33.9 Å². The highest BCUT2D eigenvalue weighted by Gasteiger charge is 2.37. The van der Waals surface area contributed by atoms with Crippen LogP contribution >= 0.6 is 15.9 Å². The Hall–Kier alpha value is -1.62. The van der Waals surface area contributed by atoms with Crippen LogP contribution in [-0.4, -0.2) is 21.8 Å².